The van der Waals surface area contributed by atoms with Gasteiger partial charge in [0.05, 0.1) is 13.7 Å². The molecule has 0 unspecified atom stereocenters. The van der Waals surface area contributed by atoms with E-state index in [1.54, 1.807) is 19.4 Å². The third-order valence-corrected chi connectivity index (χ3v) is 6.64. The van der Waals surface area contributed by atoms with E-state index in [2.05, 4.69) is 57.5 Å². The maximum absolute atomic E-state index is 12.6. The number of amides is 1. The second kappa shape index (κ2) is 14.1. The number of hydrogen-bond acceptors (Lipinski definition) is 8. The predicted octanol–water partition coefficient (Wildman–Crippen LogP) is 6.24. The van der Waals surface area contributed by atoms with Gasteiger partial charge in [-0.2, -0.15) is 4.98 Å². The molecule has 0 radical (unpaired) electrons. The van der Waals surface area contributed by atoms with E-state index in [1.165, 1.54) is 11.1 Å². The van der Waals surface area contributed by atoms with Gasteiger partial charge >= 0.3 is 6.09 Å². The monoisotopic (exact) mass is 555 g/mol. The lowest BCUT2D eigenvalue weighted by Gasteiger charge is -2.17. The standard InChI is InChI=1S/C32H37N5O4/c1-22-8-6-9-26(23(22)2)27-10-7-11-29(39-5)28(27)17-20-41-32(38)36-30-16-18-33-31(35-30)34-24-12-14-25(15-13-24)40-21-19-37(3)4/h6-16,18H,17,19-21H2,1-5H3,(H2,33,34,35,36,38). The number of ether oxygens (including phenoxy) is 3. The van der Waals surface area contributed by atoms with Gasteiger partial charge in [0.2, 0.25) is 5.95 Å². The first-order chi connectivity index (χ1) is 19.8. The van der Waals surface area contributed by atoms with Gasteiger partial charge in [-0.1, -0.05) is 30.3 Å². The van der Waals surface area contributed by atoms with E-state index in [-0.39, 0.29) is 6.61 Å². The molecule has 0 fully saturated rings. The van der Waals surface area contributed by atoms with Gasteiger partial charge in [0.15, 0.2) is 0 Å². The van der Waals surface area contributed by atoms with Crippen LogP contribution in [0.3, 0.4) is 0 Å². The van der Waals surface area contributed by atoms with Crippen molar-refractivity contribution in [3.8, 4) is 22.6 Å². The molecule has 0 aliphatic carbocycles. The van der Waals surface area contributed by atoms with E-state index < -0.39 is 6.09 Å². The lowest BCUT2D eigenvalue weighted by molar-refractivity contribution is 0.162. The highest BCUT2D eigenvalue weighted by Gasteiger charge is 2.15. The summed E-state index contributed by atoms with van der Waals surface area (Å²) >= 11 is 0. The number of anilines is 3. The van der Waals surface area contributed by atoms with Gasteiger partial charge in [-0.3, -0.25) is 5.32 Å². The largest absolute Gasteiger partial charge is 0.496 e. The summed E-state index contributed by atoms with van der Waals surface area (Å²) in [6.45, 7) is 5.83. The first-order valence-corrected chi connectivity index (χ1v) is 13.5. The highest BCUT2D eigenvalue weighted by Crippen LogP contribution is 2.34. The molecule has 9 heteroatoms. The summed E-state index contributed by atoms with van der Waals surface area (Å²) in [5, 5.41) is 5.81. The summed E-state index contributed by atoms with van der Waals surface area (Å²) in [6, 6.07) is 21.3. The minimum atomic E-state index is -0.600. The van der Waals surface area contributed by atoms with Gasteiger partial charge in [-0.15, -0.1) is 0 Å². The quantitative estimate of drug-likeness (QED) is 0.212. The molecule has 0 aliphatic rings. The number of rotatable bonds is 12. The molecule has 1 amide bonds. The minimum Gasteiger partial charge on any atom is -0.496 e. The Labute approximate surface area is 241 Å². The number of hydrogen-bond donors (Lipinski definition) is 2. The number of carbonyl (C=O) groups is 1. The Bertz CT molecular complexity index is 1460. The van der Waals surface area contributed by atoms with Crippen molar-refractivity contribution in [2.45, 2.75) is 20.3 Å². The van der Waals surface area contributed by atoms with Gasteiger partial charge in [0.25, 0.3) is 0 Å². The molecule has 41 heavy (non-hydrogen) atoms. The third kappa shape index (κ3) is 8.18. The molecule has 1 aromatic heterocycles. The Kier molecular flexibility index (Phi) is 10.1. The molecule has 4 rings (SSSR count). The number of aryl methyl sites for hydroxylation is 1. The van der Waals surface area contributed by atoms with Crippen molar-refractivity contribution in [2.24, 2.45) is 0 Å². The average molecular weight is 556 g/mol. The molecular formula is C32H37N5O4. The fourth-order valence-corrected chi connectivity index (χ4v) is 4.29. The van der Waals surface area contributed by atoms with Crippen molar-refractivity contribution < 1.29 is 19.0 Å². The lowest BCUT2D eigenvalue weighted by atomic mass is 9.92. The van der Waals surface area contributed by atoms with Crippen LogP contribution in [0.1, 0.15) is 16.7 Å². The van der Waals surface area contributed by atoms with Crippen molar-refractivity contribution in [1.82, 2.24) is 14.9 Å². The van der Waals surface area contributed by atoms with Crippen LogP contribution in [0, 0.1) is 13.8 Å². The van der Waals surface area contributed by atoms with Crippen molar-refractivity contribution in [3.05, 3.63) is 89.6 Å². The van der Waals surface area contributed by atoms with Crippen LogP contribution in [0.4, 0.5) is 22.2 Å². The Morgan fingerprint density at radius 3 is 2.44 bits per heavy atom. The van der Waals surface area contributed by atoms with E-state index >= 15 is 0 Å². The first kappa shape index (κ1) is 29.4. The van der Waals surface area contributed by atoms with Crippen molar-refractivity contribution in [3.63, 3.8) is 0 Å². The summed E-state index contributed by atoms with van der Waals surface area (Å²) in [5.41, 5.74) is 6.40. The highest BCUT2D eigenvalue weighted by molar-refractivity contribution is 5.83. The van der Waals surface area contributed by atoms with E-state index in [0.717, 1.165) is 40.4 Å². The van der Waals surface area contributed by atoms with Crippen LogP contribution >= 0.6 is 0 Å². The Morgan fingerprint density at radius 1 is 0.927 bits per heavy atom. The van der Waals surface area contributed by atoms with Crippen molar-refractivity contribution in [1.29, 1.82) is 0 Å². The summed E-state index contributed by atoms with van der Waals surface area (Å²) in [7, 11) is 5.66. The molecule has 0 atom stereocenters. The number of nitrogens with one attached hydrogen (secondary N) is 2. The number of benzene rings is 3. The molecule has 4 aromatic rings. The van der Waals surface area contributed by atoms with Crippen LogP contribution in [0.25, 0.3) is 11.1 Å². The number of methoxy groups -OCH3 is 1. The Balaban J connectivity index is 1.34. The predicted molar refractivity (Wildman–Crippen MR) is 162 cm³/mol. The Morgan fingerprint density at radius 2 is 1.68 bits per heavy atom. The van der Waals surface area contributed by atoms with Gasteiger partial charge in [0, 0.05) is 30.4 Å². The molecule has 214 valence electrons. The SMILES string of the molecule is COc1cccc(-c2cccc(C)c2C)c1CCOC(=O)Nc1ccnc(Nc2ccc(OCCN(C)C)cc2)n1. The lowest BCUT2D eigenvalue weighted by Crippen LogP contribution is -2.19. The second-order valence-electron chi connectivity index (χ2n) is 9.81. The molecule has 0 aliphatic heterocycles. The van der Waals surface area contributed by atoms with Crippen LogP contribution in [0.2, 0.25) is 0 Å². The maximum atomic E-state index is 12.6. The second-order valence-corrected chi connectivity index (χ2v) is 9.81. The smallest absolute Gasteiger partial charge is 0.412 e. The van der Waals surface area contributed by atoms with Gasteiger partial charge in [0.1, 0.15) is 23.9 Å². The molecule has 0 saturated carbocycles. The van der Waals surface area contributed by atoms with E-state index in [4.69, 9.17) is 14.2 Å². The molecule has 0 saturated heterocycles. The van der Waals surface area contributed by atoms with Crippen LogP contribution in [0.5, 0.6) is 11.5 Å². The topological polar surface area (TPSA) is 97.8 Å². The van der Waals surface area contributed by atoms with Gasteiger partial charge in [-0.25, -0.2) is 9.78 Å². The van der Waals surface area contributed by atoms with Crippen molar-refractivity contribution >= 4 is 23.5 Å². The first-order valence-electron chi connectivity index (χ1n) is 13.5. The van der Waals surface area contributed by atoms with E-state index in [1.807, 2.05) is 56.6 Å². The Hall–Kier alpha value is -4.63. The minimum absolute atomic E-state index is 0.170. The summed E-state index contributed by atoms with van der Waals surface area (Å²) < 4.78 is 16.9. The fourth-order valence-electron chi connectivity index (χ4n) is 4.29. The number of carbonyl (C=O) groups excluding carboxylic acids is 1. The fraction of sp³-hybridized carbons (Fsp3) is 0.281. The van der Waals surface area contributed by atoms with E-state index in [9.17, 15) is 4.79 Å². The van der Waals surface area contributed by atoms with Crippen LogP contribution in [-0.4, -0.2) is 61.9 Å². The number of aromatic nitrogens is 2. The molecule has 0 bridgehead atoms. The van der Waals surface area contributed by atoms with Crippen molar-refractivity contribution in [2.75, 3.05) is 51.6 Å². The zero-order chi connectivity index (χ0) is 29.2. The summed E-state index contributed by atoms with van der Waals surface area (Å²) in [5.74, 6) is 2.21. The van der Waals surface area contributed by atoms with Crippen LogP contribution < -0.4 is 20.1 Å². The molecule has 1 heterocycles. The summed E-state index contributed by atoms with van der Waals surface area (Å²) in [4.78, 5) is 23.3. The number of nitrogens with zero attached hydrogens (tertiary/aromatic N) is 3. The van der Waals surface area contributed by atoms with Crippen LogP contribution in [0.15, 0.2) is 72.9 Å². The van der Waals surface area contributed by atoms with Gasteiger partial charge in [-0.05, 0) is 86.6 Å². The zero-order valence-electron chi connectivity index (χ0n) is 24.2. The maximum Gasteiger partial charge on any atom is 0.412 e. The molecule has 2 N–H and O–H groups in total. The number of likely N-dealkylation sites (N-methyl/N-ethyl adjacent to an activating group) is 1. The normalized spacial score (nSPS) is 10.8. The summed E-state index contributed by atoms with van der Waals surface area (Å²) in [6.07, 6.45) is 1.46. The average Bonchev–Trinajstić information content (AvgIpc) is 2.95. The molecular weight excluding hydrogens is 518 g/mol. The third-order valence-electron chi connectivity index (χ3n) is 6.64. The molecule has 9 nitrogen and oxygen atoms in total. The molecule has 0 spiro atoms. The van der Waals surface area contributed by atoms with Gasteiger partial charge < -0.3 is 24.4 Å². The highest BCUT2D eigenvalue weighted by atomic mass is 16.5. The zero-order valence-corrected chi connectivity index (χ0v) is 24.2. The molecule has 3 aromatic carbocycles. The van der Waals surface area contributed by atoms with Crippen LogP contribution in [-0.2, 0) is 11.2 Å². The van der Waals surface area contributed by atoms with E-state index in [0.29, 0.717) is 24.8 Å².